The molecule has 0 aliphatic carbocycles. The molecule has 1 aromatic heterocycles. The van der Waals surface area contributed by atoms with Crippen molar-refractivity contribution in [3.63, 3.8) is 0 Å². The quantitative estimate of drug-likeness (QED) is 0.492. The van der Waals surface area contributed by atoms with E-state index in [1.807, 2.05) is 25.1 Å². The molecule has 3 rings (SSSR count). The molecule has 0 spiro atoms. The van der Waals surface area contributed by atoms with Crippen molar-refractivity contribution in [2.24, 2.45) is 11.0 Å². The summed E-state index contributed by atoms with van der Waals surface area (Å²) in [5, 5.41) is 16.8. The molecule has 0 radical (unpaired) electrons. The van der Waals surface area contributed by atoms with Crippen molar-refractivity contribution in [3.8, 4) is 0 Å². The number of ketones is 1. The lowest BCUT2D eigenvalue weighted by Gasteiger charge is -2.15. The van der Waals surface area contributed by atoms with Gasteiger partial charge in [-0.3, -0.25) is 24.6 Å². The summed E-state index contributed by atoms with van der Waals surface area (Å²) in [4.78, 5) is 38.7. The normalized spacial score (nSPS) is 16.3. The van der Waals surface area contributed by atoms with Crippen molar-refractivity contribution < 1.29 is 14.4 Å². The monoisotopic (exact) mass is 472 g/mol. The largest absolute Gasteiger partial charge is 0.305 e. The maximum Gasteiger partial charge on any atom is 0.280 e. The molecule has 0 fully saturated rings. The number of anilines is 1. The number of carbonyl (C=O) groups is 3. The van der Waals surface area contributed by atoms with Crippen LogP contribution in [0.1, 0.15) is 43.5 Å². The van der Waals surface area contributed by atoms with Crippen molar-refractivity contribution in [1.82, 2.24) is 20.4 Å². The Morgan fingerprint density at radius 3 is 2.67 bits per heavy atom. The van der Waals surface area contributed by atoms with E-state index in [-0.39, 0.29) is 18.0 Å². The fraction of sp³-hybridized carbons (Fsp3) is 0.391. The molecule has 1 aliphatic rings. The zero-order valence-corrected chi connectivity index (χ0v) is 19.8. The number of Topliss-reactive ketones (excluding diaryl/α,β-unsaturated/α-hetero) is 1. The molecule has 0 saturated carbocycles. The first kappa shape index (κ1) is 24.3. The van der Waals surface area contributed by atoms with Crippen LogP contribution in [0.5, 0.6) is 0 Å². The van der Waals surface area contributed by atoms with E-state index in [0.29, 0.717) is 23.7 Å². The second kappa shape index (κ2) is 11.0. The lowest BCUT2D eigenvalue weighted by Crippen LogP contribution is -2.34. The number of amides is 2. The first-order valence-electron chi connectivity index (χ1n) is 11.0. The standard InChI is InChI=1S/C23H29ClN6O3/c1-4-14-8-9-17(24)12-15(14)6-7-16-13-20(31)30(3)28-21(22(16)32)23(33)25-19-11-10-18(5-2)26-29-27-19/h8-12,16,26-27,29H,4-7,13H2,1-3H3,(H,25,33). The molecule has 176 valence electrons. The highest BCUT2D eigenvalue weighted by atomic mass is 35.5. The molecule has 1 unspecified atom stereocenters. The number of hydrazone groups is 1. The number of aromatic nitrogens is 3. The van der Waals surface area contributed by atoms with Crippen LogP contribution in [0.3, 0.4) is 0 Å². The Morgan fingerprint density at radius 1 is 1.15 bits per heavy atom. The molecule has 0 bridgehead atoms. The van der Waals surface area contributed by atoms with E-state index < -0.39 is 17.6 Å². The SMILES string of the molecule is CCc1ccc(NC(=O)C2=NN(C)C(=O)CC(CCc3cc(Cl)ccc3CC)C2=O)[nH][nH][nH]1. The smallest absolute Gasteiger partial charge is 0.280 e. The number of carbonyl (C=O) groups excluding carboxylic acids is 3. The Bertz CT molecular complexity index is 1110. The predicted octanol–water partition coefficient (Wildman–Crippen LogP) is 3.55. The number of benzene rings is 1. The van der Waals surface area contributed by atoms with Crippen LogP contribution in [0.25, 0.3) is 0 Å². The lowest BCUT2D eigenvalue weighted by molar-refractivity contribution is -0.132. The molecule has 1 aromatic carbocycles. The maximum absolute atomic E-state index is 13.3. The minimum atomic E-state index is -0.683. The van der Waals surface area contributed by atoms with E-state index >= 15 is 0 Å². The van der Waals surface area contributed by atoms with Gasteiger partial charge in [0, 0.05) is 30.1 Å². The van der Waals surface area contributed by atoms with Gasteiger partial charge in [0.2, 0.25) is 5.91 Å². The molecule has 2 aromatic rings. The van der Waals surface area contributed by atoms with Gasteiger partial charge in [0.15, 0.2) is 11.5 Å². The number of hydrogen-bond acceptors (Lipinski definition) is 4. The average molecular weight is 473 g/mol. The predicted molar refractivity (Wildman–Crippen MR) is 128 cm³/mol. The molecule has 1 atom stereocenters. The van der Waals surface area contributed by atoms with E-state index in [9.17, 15) is 14.4 Å². The highest BCUT2D eigenvalue weighted by Crippen LogP contribution is 2.24. The number of aryl methyl sites for hydroxylation is 3. The Balaban J connectivity index is 1.80. The highest BCUT2D eigenvalue weighted by molar-refractivity contribution is 6.68. The van der Waals surface area contributed by atoms with Crippen LogP contribution < -0.4 is 5.32 Å². The number of rotatable bonds is 7. The number of H-pyrrole nitrogens is 3. The van der Waals surface area contributed by atoms with Crippen LogP contribution in [-0.4, -0.2) is 50.8 Å². The summed E-state index contributed by atoms with van der Waals surface area (Å²) in [6.45, 7) is 4.03. The van der Waals surface area contributed by atoms with Crippen molar-refractivity contribution in [3.05, 3.63) is 52.2 Å². The second-order valence-electron chi connectivity index (χ2n) is 7.89. The number of nitrogens with one attached hydrogen (secondary N) is 4. The molecule has 1 aliphatic heterocycles. The minimum absolute atomic E-state index is 0.00728. The summed E-state index contributed by atoms with van der Waals surface area (Å²) in [7, 11) is 1.45. The zero-order valence-electron chi connectivity index (χ0n) is 19.0. The Labute approximate surface area is 197 Å². The molecule has 2 heterocycles. The van der Waals surface area contributed by atoms with Gasteiger partial charge in [0.1, 0.15) is 5.82 Å². The highest BCUT2D eigenvalue weighted by Gasteiger charge is 2.34. The van der Waals surface area contributed by atoms with E-state index in [1.165, 1.54) is 7.05 Å². The zero-order chi connectivity index (χ0) is 24.0. The summed E-state index contributed by atoms with van der Waals surface area (Å²) in [6.07, 6.45) is 2.57. The van der Waals surface area contributed by atoms with E-state index in [1.54, 1.807) is 12.1 Å². The third-order valence-corrected chi connectivity index (χ3v) is 5.90. The van der Waals surface area contributed by atoms with Crippen LogP contribution in [0.15, 0.2) is 35.4 Å². The van der Waals surface area contributed by atoms with Crippen LogP contribution in [0, 0.1) is 5.92 Å². The van der Waals surface area contributed by atoms with Crippen molar-refractivity contribution >= 4 is 40.7 Å². The van der Waals surface area contributed by atoms with E-state index in [4.69, 9.17) is 11.6 Å². The van der Waals surface area contributed by atoms with Gasteiger partial charge in [-0.1, -0.05) is 31.5 Å². The van der Waals surface area contributed by atoms with Gasteiger partial charge in [-0.2, -0.15) is 5.10 Å². The molecular formula is C23H29ClN6O3. The minimum Gasteiger partial charge on any atom is -0.305 e. The van der Waals surface area contributed by atoms with Crippen LogP contribution in [-0.2, 0) is 33.6 Å². The molecule has 9 nitrogen and oxygen atoms in total. The first-order chi connectivity index (χ1) is 15.8. The molecule has 2 amide bonds. The third kappa shape index (κ3) is 6.13. The van der Waals surface area contributed by atoms with Gasteiger partial charge >= 0.3 is 0 Å². The van der Waals surface area contributed by atoms with Gasteiger partial charge in [-0.15, -0.1) is 0 Å². The van der Waals surface area contributed by atoms with E-state index in [2.05, 4.69) is 32.8 Å². The molecule has 0 saturated heterocycles. The summed E-state index contributed by atoms with van der Waals surface area (Å²) in [6, 6.07) is 9.17. The third-order valence-electron chi connectivity index (χ3n) is 5.66. The van der Waals surface area contributed by atoms with Crippen LogP contribution in [0.4, 0.5) is 5.82 Å². The van der Waals surface area contributed by atoms with Crippen molar-refractivity contribution in [2.45, 2.75) is 46.0 Å². The van der Waals surface area contributed by atoms with Gasteiger partial charge in [-0.25, -0.2) is 10.2 Å². The average Bonchev–Trinajstić information content (AvgIpc) is 3.09. The summed E-state index contributed by atoms with van der Waals surface area (Å²) < 4.78 is 0. The number of nitrogens with zero attached hydrogens (tertiary/aromatic N) is 2. The number of aromatic amines is 3. The molecular weight excluding hydrogens is 444 g/mol. The molecule has 33 heavy (non-hydrogen) atoms. The summed E-state index contributed by atoms with van der Waals surface area (Å²) in [5.74, 6) is -1.76. The van der Waals surface area contributed by atoms with Gasteiger partial charge in [0.25, 0.3) is 5.91 Å². The molecule has 10 heteroatoms. The first-order valence-corrected chi connectivity index (χ1v) is 11.4. The van der Waals surface area contributed by atoms with E-state index in [0.717, 1.165) is 34.7 Å². The van der Waals surface area contributed by atoms with Crippen LogP contribution >= 0.6 is 11.6 Å². The van der Waals surface area contributed by atoms with Crippen molar-refractivity contribution in [2.75, 3.05) is 12.4 Å². The van der Waals surface area contributed by atoms with Gasteiger partial charge in [0.05, 0.1) is 0 Å². The lowest BCUT2D eigenvalue weighted by atomic mass is 9.88. The Morgan fingerprint density at radius 2 is 1.94 bits per heavy atom. The number of hydrogen-bond donors (Lipinski definition) is 4. The summed E-state index contributed by atoms with van der Waals surface area (Å²) in [5.41, 5.74) is 2.79. The summed E-state index contributed by atoms with van der Waals surface area (Å²) >= 11 is 6.16. The van der Waals surface area contributed by atoms with Gasteiger partial charge in [-0.05, 0) is 61.1 Å². The Kier molecular flexibility index (Phi) is 8.11. The Hall–Kier alpha value is -3.33. The second-order valence-corrected chi connectivity index (χ2v) is 8.33. The fourth-order valence-corrected chi connectivity index (χ4v) is 3.88. The van der Waals surface area contributed by atoms with Crippen molar-refractivity contribution in [1.29, 1.82) is 0 Å². The van der Waals surface area contributed by atoms with Gasteiger partial charge < -0.3 is 5.32 Å². The molecule has 4 N–H and O–H groups in total. The topological polar surface area (TPSA) is 126 Å². The fourth-order valence-electron chi connectivity index (χ4n) is 3.68. The maximum atomic E-state index is 13.3. The number of halogens is 1. The van der Waals surface area contributed by atoms with Crippen LogP contribution in [0.2, 0.25) is 5.02 Å².